The molecular weight excluding hydrogens is 253 g/mol. The summed E-state index contributed by atoms with van der Waals surface area (Å²) in [5.41, 5.74) is 0.151. The van der Waals surface area contributed by atoms with Gasteiger partial charge in [-0.25, -0.2) is 4.98 Å². The predicted molar refractivity (Wildman–Crippen MR) is 57.2 cm³/mol. The molecule has 7 heteroatoms. The van der Waals surface area contributed by atoms with Crippen LogP contribution >= 0.6 is 11.3 Å². The van der Waals surface area contributed by atoms with Gasteiger partial charge in [0.1, 0.15) is 4.83 Å². The molecule has 0 spiro atoms. The van der Waals surface area contributed by atoms with E-state index in [0.717, 1.165) is 29.7 Å². The Bertz CT molecular complexity index is 639. The minimum Gasteiger partial charge on any atom is -0.302 e. The molecule has 2 aromatic heterocycles. The summed E-state index contributed by atoms with van der Waals surface area (Å²) >= 11 is 1.10. The third kappa shape index (κ3) is 1.74. The summed E-state index contributed by atoms with van der Waals surface area (Å²) in [7, 11) is 0. The van der Waals surface area contributed by atoms with E-state index >= 15 is 0 Å². The molecule has 17 heavy (non-hydrogen) atoms. The lowest BCUT2D eigenvalue weighted by atomic mass is 10.1. The Kier molecular flexibility index (Phi) is 2.10. The Labute approximate surface area is 97.3 Å². The number of aromatic amines is 1. The van der Waals surface area contributed by atoms with Crippen molar-refractivity contribution in [2.75, 3.05) is 0 Å². The van der Waals surface area contributed by atoms with Crippen LogP contribution in [0.25, 0.3) is 10.2 Å². The van der Waals surface area contributed by atoms with Crippen LogP contribution in [0.3, 0.4) is 0 Å². The van der Waals surface area contributed by atoms with Crippen LogP contribution < -0.4 is 5.56 Å². The number of nitrogens with one attached hydrogen (secondary N) is 1. The Morgan fingerprint density at radius 2 is 2.12 bits per heavy atom. The molecule has 0 radical (unpaired) electrons. The summed E-state index contributed by atoms with van der Waals surface area (Å²) in [5, 5.41) is 2.07. The van der Waals surface area contributed by atoms with Gasteiger partial charge in [0.2, 0.25) is 5.82 Å². The van der Waals surface area contributed by atoms with Crippen LogP contribution in [0.15, 0.2) is 10.2 Å². The molecule has 0 unspecified atom stereocenters. The number of halogens is 3. The number of aromatic nitrogens is 2. The summed E-state index contributed by atoms with van der Waals surface area (Å²) < 4.78 is 37.3. The molecule has 0 amide bonds. The van der Waals surface area contributed by atoms with Gasteiger partial charge in [0.15, 0.2) is 0 Å². The van der Waals surface area contributed by atoms with Gasteiger partial charge in [0.25, 0.3) is 5.56 Å². The lowest BCUT2D eigenvalue weighted by Crippen LogP contribution is -2.18. The first-order valence-electron chi connectivity index (χ1n) is 5.05. The summed E-state index contributed by atoms with van der Waals surface area (Å²) in [4.78, 5) is 17.1. The highest BCUT2D eigenvalue weighted by atomic mass is 32.1. The summed E-state index contributed by atoms with van der Waals surface area (Å²) in [6.45, 7) is 0. The van der Waals surface area contributed by atoms with Gasteiger partial charge in [-0.1, -0.05) is 0 Å². The average molecular weight is 260 g/mol. The number of fused-ring (bicyclic) bond motifs is 1. The highest BCUT2D eigenvalue weighted by Gasteiger charge is 2.35. The Hall–Kier alpha value is -1.37. The first-order valence-corrected chi connectivity index (χ1v) is 5.93. The van der Waals surface area contributed by atoms with E-state index in [0.29, 0.717) is 11.3 Å². The standard InChI is InChI=1S/C10H7F3N2OS/c11-10(12,13)9-14-7(16)6-5(4-1-2-4)3-17-8(6)15-9/h3-4H,1-2H2,(H,14,15,16). The first-order chi connectivity index (χ1) is 7.97. The van der Waals surface area contributed by atoms with Crippen LogP contribution in [0, 0.1) is 0 Å². The number of nitrogens with zero attached hydrogens (tertiary/aromatic N) is 1. The second kappa shape index (κ2) is 3.32. The largest absolute Gasteiger partial charge is 0.449 e. The topological polar surface area (TPSA) is 45.8 Å². The molecule has 0 saturated heterocycles. The molecule has 3 rings (SSSR count). The SMILES string of the molecule is O=c1[nH]c(C(F)(F)F)nc2scc(C3CC3)c12. The van der Waals surface area contributed by atoms with Gasteiger partial charge < -0.3 is 4.98 Å². The third-order valence-electron chi connectivity index (χ3n) is 2.76. The van der Waals surface area contributed by atoms with E-state index in [1.165, 1.54) is 0 Å². The van der Waals surface area contributed by atoms with Crippen LogP contribution in [0.4, 0.5) is 13.2 Å². The monoisotopic (exact) mass is 260 g/mol. The van der Waals surface area contributed by atoms with Crippen LogP contribution in [-0.2, 0) is 6.18 Å². The molecule has 0 aromatic carbocycles. The molecule has 1 fully saturated rings. The van der Waals surface area contributed by atoms with Gasteiger partial charge in [-0.15, -0.1) is 11.3 Å². The van der Waals surface area contributed by atoms with E-state index in [4.69, 9.17) is 0 Å². The number of thiophene rings is 1. The zero-order valence-corrected chi connectivity index (χ0v) is 9.28. The fourth-order valence-electron chi connectivity index (χ4n) is 1.80. The van der Waals surface area contributed by atoms with Gasteiger partial charge in [0, 0.05) is 0 Å². The first kappa shape index (κ1) is 10.8. The predicted octanol–water partition coefficient (Wildman–Crippen LogP) is 2.88. The van der Waals surface area contributed by atoms with Crippen molar-refractivity contribution in [3.63, 3.8) is 0 Å². The normalized spacial score (nSPS) is 16.6. The molecule has 1 N–H and O–H groups in total. The molecule has 1 aliphatic carbocycles. The van der Waals surface area contributed by atoms with Crippen LogP contribution in [0.1, 0.15) is 30.1 Å². The Morgan fingerprint density at radius 1 is 1.41 bits per heavy atom. The van der Waals surface area contributed by atoms with Crippen molar-refractivity contribution in [3.8, 4) is 0 Å². The molecule has 3 nitrogen and oxygen atoms in total. The van der Waals surface area contributed by atoms with Crippen molar-refractivity contribution in [2.45, 2.75) is 24.9 Å². The highest BCUT2D eigenvalue weighted by molar-refractivity contribution is 7.16. The Balaban J connectivity index is 2.25. The number of hydrogen-bond acceptors (Lipinski definition) is 3. The molecule has 0 aliphatic heterocycles. The van der Waals surface area contributed by atoms with Crippen molar-refractivity contribution < 1.29 is 13.2 Å². The minimum atomic E-state index is -4.61. The molecule has 2 aromatic rings. The fourth-order valence-corrected chi connectivity index (χ4v) is 2.82. The Morgan fingerprint density at radius 3 is 2.71 bits per heavy atom. The number of rotatable bonds is 1. The van der Waals surface area contributed by atoms with Crippen molar-refractivity contribution in [3.05, 3.63) is 27.1 Å². The van der Waals surface area contributed by atoms with E-state index < -0.39 is 17.6 Å². The lowest BCUT2D eigenvalue weighted by molar-refractivity contribution is -0.144. The molecule has 2 heterocycles. The fraction of sp³-hybridized carbons (Fsp3) is 0.400. The van der Waals surface area contributed by atoms with Gasteiger partial charge in [-0.05, 0) is 29.7 Å². The highest BCUT2D eigenvalue weighted by Crippen LogP contribution is 2.44. The molecule has 1 aliphatic rings. The molecule has 1 saturated carbocycles. The second-order valence-electron chi connectivity index (χ2n) is 4.06. The van der Waals surface area contributed by atoms with Gasteiger partial charge in [-0.2, -0.15) is 13.2 Å². The number of hydrogen-bond donors (Lipinski definition) is 1. The molecule has 0 bridgehead atoms. The van der Waals surface area contributed by atoms with Crippen molar-refractivity contribution in [2.24, 2.45) is 0 Å². The van der Waals surface area contributed by atoms with Gasteiger partial charge in [0.05, 0.1) is 5.39 Å². The molecule has 90 valence electrons. The summed E-state index contributed by atoms with van der Waals surface area (Å²) in [6.07, 6.45) is -2.63. The number of H-pyrrole nitrogens is 1. The van der Waals surface area contributed by atoms with Crippen molar-refractivity contribution in [1.29, 1.82) is 0 Å². The quantitative estimate of drug-likeness (QED) is 0.856. The summed E-state index contributed by atoms with van der Waals surface area (Å²) in [5.74, 6) is -0.900. The average Bonchev–Trinajstić information content (AvgIpc) is 2.97. The smallest absolute Gasteiger partial charge is 0.302 e. The maximum Gasteiger partial charge on any atom is 0.449 e. The van der Waals surface area contributed by atoms with E-state index in [1.54, 1.807) is 5.38 Å². The molecule has 0 atom stereocenters. The van der Waals surface area contributed by atoms with Crippen molar-refractivity contribution in [1.82, 2.24) is 9.97 Å². The number of alkyl halides is 3. The van der Waals surface area contributed by atoms with Crippen molar-refractivity contribution >= 4 is 21.6 Å². The maximum atomic E-state index is 12.4. The van der Waals surface area contributed by atoms with E-state index in [2.05, 4.69) is 4.98 Å². The minimum absolute atomic E-state index is 0.169. The lowest BCUT2D eigenvalue weighted by Gasteiger charge is -2.04. The van der Waals surface area contributed by atoms with E-state index in [9.17, 15) is 18.0 Å². The van der Waals surface area contributed by atoms with E-state index in [1.807, 2.05) is 4.98 Å². The van der Waals surface area contributed by atoms with Gasteiger partial charge >= 0.3 is 6.18 Å². The second-order valence-corrected chi connectivity index (χ2v) is 4.92. The third-order valence-corrected chi connectivity index (χ3v) is 3.65. The van der Waals surface area contributed by atoms with Crippen LogP contribution in [0.5, 0.6) is 0 Å². The summed E-state index contributed by atoms with van der Waals surface area (Å²) in [6, 6.07) is 0. The van der Waals surface area contributed by atoms with E-state index in [-0.39, 0.29) is 4.83 Å². The zero-order valence-electron chi connectivity index (χ0n) is 8.47. The maximum absolute atomic E-state index is 12.4. The zero-order chi connectivity index (χ0) is 12.2. The molecular formula is C10H7F3N2OS. The van der Waals surface area contributed by atoms with Crippen LogP contribution in [-0.4, -0.2) is 9.97 Å². The van der Waals surface area contributed by atoms with Crippen LogP contribution in [0.2, 0.25) is 0 Å². The van der Waals surface area contributed by atoms with Gasteiger partial charge in [-0.3, -0.25) is 4.79 Å².